The molecule has 0 aliphatic carbocycles. The van der Waals surface area contributed by atoms with Crippen molar-refractivity contribution < 1.29 is 14.3 Å². The number of benzene rings is 1. The molecule has 0 radical (unpaired) electrons. The number of nitrogens with two attached hydrogens (primary N) is 1. The van der Waals surface area contributed by atoms with E-state index in [0.717, 1.165) is 11.1 Å². The molecule has 1 amide bonds. The average Bonchev–Trinajstić information content (AvgIpc) is 2.74. The summed E-state index contributed by atoms with van der Waals surface area (Å²) in [7, 11) is 0. The molecule has 0 saturated carbocycles. The number of aromatic nitrogens is 1. The molecule has 1 saturated heterocycles. The molecule has 1 aromatic heterocycles. The van der Waals surface area contributed by atoms with Gasteiger partial charge in [-0.25, -0.2) is 0 Å². The molecule has 3 rings (SSSR count). The van der Waals surface area contributed by atoms with Gasteiger partial charge in [0.25, 0.3) is 5.91 Å². The number of morpholine rings is 1. The fourth-order valence-electron chi connectivity index (χ4n) is 2.91. The summed E-state index contributed by atoms with van der Waals surface area (Å²) in [6.07, 6.45) is 1.59. The van der Waals surface area contributed by atoms with E-state index < -0.39 is 5.91 Å². The fourth-order valence-corrected chi connectivity index (χ4v) is 2.91. The molecule has 1 aliphatic heterocycles. The molecule has 4 N–H and O–H groups in total. The largest absolute Gasteiger partial charge is 0.476 e. The molecule has 146 valence electrons. The van der Waals surface area contributed by atoms with E-state index in [4.69, 9.17) is 26.0 Å². The molecule has 0 spiro atoms. The number of hydrogen-bond acceptors (Lipinski definition) is 7. The van der Waals surface area contributed by atoms with Crippen molar-refractivity contribution in [2.75, 3.05) is 33.0 Å². The zero-order valence-corrected chi connectivity index (χ0v) is 15.4. The standard InChI is InChI=1S/C19H22N6O3/c1-23-15-10-13(2-4-16(15)28-12-20)14-3-5-17(21)25(11-14)18(22)19(26)24-6-8-27-9-7-24/h2-5,10-11,21-22H,1,6-9,12,20H2. The Morgan fingerprint density at radius 1 is 1.25 bits per heavy atom. The minimum absolute atomic E-state index is 0.0240. The minimum Gasteiger partial charge on any atom is -0.476 e. The second-order valence-electron chi connectivity index (χ2n) is 6.08. The van der Waals surface area contributed by atoms with Gasteiger partial charge in [-0.3, -0.25) is 30.9 Å². The van der Waals surface area contributed by atoms with Gasteiger partial charge in [-0.2, -0.15) is 0 Å². The van der Waals surface area contributed by atoms with Gasteiger partial charge in [0.2, 0.25) is 0 Å². The highest BCUT2D eigenvalue weighted by Crippen LogP contribution is 2.32. The predicted octanol–water partition coefficient (Wildman–Crippen LogP) is 0.946. The maximum Gasteiger partial charge on any atom is 0.289 e. The third-order valence-electron chi connectivity index (χ3n) is 4.39. The first kappa shape index (κ1) is 19.5. The second-order valence-corrected chi connectivity index (χ2v) is 6.08. The summed E-state index contributed by atoms with van der Waals surface area (Å²) in [5.74, 6) is -0.195. The Kier molecular flexibility index (Phi) is 5.97. The van der Waals surface area contributed by atoms with Gasteiger partial charge < -0.3 is 14.4 Å². The van der Waals surface area contributed by atoms with Crippen molar-refractivity contribution in [1.82, 2.24) is 9.47 Å². The lowest BCUT2D eigenvalue weighted by Crippen LogP contribution is -2.47. The van der Waals surface area contributed by atoms with E-state index in [1.54, 1.807) is 35.4 Å². The molecule has 0 atom stereocenters. The molecule has 2 heterocycles. The Labute approximate surface area is 162 Å². The second kappa shape index (κ2) is 8.59. The number of rotatable bonds is 4. The maximum atomic E-state index is 12.6. The Morgan fingerprint density at radius 3 is 2.64 bits per heavy atom. The van der Waals surface area contributed by atoms with E-state index in [-0.39, 0.29) is 18.1 Å². The highest BCUT2D eigenvalue weighted by molar-refractivity contribution is 6.37. The van der Waals surface area contributed by atoms with Crippen molar-refractivity contribution in [2.45, 2.75) is 0 Å². The van der Waals surface area contributed by atoms with Crippen molar-refractivity contribution >= 4 is 24.1 Å². The van der Waals surface area contributed by atoms with Crippen molar-refractivity contribution in [2.24, 2.45) is 10.7 Å². The first-order valence-corrected chi connectivity index (χ1v) is 8.72. The van der Waals surface area contributed by atoms with Crippen LogP contribution >= 0.6 is 0 Å². The Balaban J connectivity index is 1.93. The Hall–Kier alpha value is -3.30. The highest BCUT2D eigenvalue weighted by atomic mass is 16.5. The van der Waals surface area contributed by atoms with Crippen LogP contribution in [0.15, 0.2) is 41.5 Å². The molecule has 9 heteroatoms. The van der Waals surface area contributed by atoms with E-state index in [1.807, 2.05) is 6.07 Å². The summed E-state index contributed by atoms with van der Waals surface area (Å²) in [5, 5.41) is 16.4. The van der Waals surface area contributed by atoms with Gasteiger partial charge >= 0.3 is 0 Å². The quantitative estimate of drug-likeness (QED) is 0.413. The summed E-state index contributed by atoms with van der Waals surface area (Å²) in [6, 6.07) is 8.61. The van der Waals surface area contributed by atoms with Crippen LogP contribution in [0.25, 0.3) is 11.1 Å². The zero-order chi connectivity index (χ0) is 20.1. The summed E-state index contributed by atoms with van der Waals surface area (Å²) in [4.78, 5) is 18.1. The van der Waals surface area contributed by atoms with Crippen molar-refractivity contribution in [1.29, 1.82) is 10.8 Å². The molecule has 1 aliphatic rings. The number of pyridine rings is 1. The van der Waals surface area contributed by atoms with Crippen LogP contribution in [0.2, 0.25) is 0 Å². The van der Waals surface area contributed by atoms with E-state index in [0.29, 0.717) is 37.7 Å². The normalized spacial score (nSPS) is 13.8. The number of aliphatic imine (C=N–C) groups is 1. The number of carbonyl (C=O) groups is 1. The van der Waals surface area contributed by atoms with Gasteiger partial charge in [-0.05, 0) is 42.1 Å². The average molecular weight is 382 g/mol. The number of nitrogens with zero attached hydrogens (tertiary/aromatic N) is 3. The van der Waals surface area contributed by atoms with Crippen LogP contribution in [0.5, 0.6) is 5.75 Å². The van der Waals surface area contributed by atoms with E-state index in [1.165, 1.54) is 4.57 Å². The number of hydrogen-bond donors (Lipinski definition) is 3. The molecule has 1 aromatic carbocycles. The summed E-state index contributed by atoms with van der Waals surface area (Å²) in [6.45, 7) is 5.34. The van der Waals surface area contributed by atoms with Crippen molar-refractivity contribution in [3.05, 3.63) is 42.0 Å². The van der Waals surface area contributed by atoms with Gasteiger partial charge in [0, 0.05) is 19.3 Å². The third-order valence-corrected chi connectivity index (χ3v) is 4.39. The zero-order valence-electron chi connectivity index (χ0n) is 15.4. The summed E-state index contributed by atoms with van der Waals surface area (Å²) < 4.78 is 11.8. The number of amides is 1. The van der Waals surface area contributed by atoms with Crippen molar-refractivity contribution in [3.8, 4) is 16.9 Å². The van der Waals surface area contributed by atoms with Crippen LogP contribution < -0.4 is 16.0 Å². The Bertz CT molecular complexity index is 962. The highest BCUT2D eigenvalue weighted by Gasteiger charge is 2.22. The summed E-state index contributed by atoms with van der Waals surface area (Å²) >= 11 is 0. The number of ether oxygens (including phenoxy) is 2. The van der Waals surface area contributed by atoms with E-state index in [9.17, 15) is 4.79 Å². The molecule has 2 aromatic rings. The lowest BCUT2D eigenvalue weighted by Gasteiger charge is -2.27. The molecule has 1 fully saturated rings. The molecule has 0 bridgehead atoms. The van der Waals surface area contributed by atoms with Crippen LogP contribution in [-0.2, 0) is 9.53 Å². The fraction of sp³-hybridized carbons (Fsp3) is 0.263. The minimum atomic E-state index is -0.431. The van der Waals surface area contributed by atoms with E-state index in [2.05, 4.69) is 11.7 Å². The van der Waals surface area contributed by atoms with E-state index >= 15 is 0 Å². The van der Waals surface area contributed by atoms with Gasteiger partial charge in [0.15, 0.2) is 5.84 Å². The van der Waals surface area contributed by atoms with Gasteiger partial charge in [-0.1, -0.05) is 6.07 Å². The molecular weight excluding hydrogens is 360 g/mol. The van der Waals surface area contributed by atoms with Gasteiger partial charge in [0.05, 0.1) is 13.2 Å². The molecule has 0 unspecified atom stereocenters. The number of nitrogens with one attached hydrogen (secondary N) is 2. The Morgan fingerprint density at radius 2 is 1.96 bits per heavy atom. The lowest BCUT2D eigenvalue weighted by molar-refractivity contribution is -0.128. The molecule has 9 nitrogen and oxygen atoms in total. The lowest BCUT2D eigenvalue weighted by atomic mass is 10.1. The van der Waals surface area contributed by atoms with Crippen LogP contribution in [0.4, 0.5) is 5.69 Å². The third kappa shape index (κ3) is 4.00. The SMILES string of the molecule is C=Nc1cc(-c2ccc(=N)n(C(=N)C(=O)N3CCOCC3)c2)ccc1OCN. The topological polar surface area (TPSA) is 130 Å². The maximum absolute atomic E-state index is 12.6. The first-order valence-electron chi connectivity index (χ1n) is 8.72. The monoisotopic (exact) mass is 382 g/mol. The van der Waals surface area contributed by atoms with Gasteiger partial charge in [-0.15, -0.1) is 0 Å². The number of carbonyl (C=O) groups excluding carboxylic acids is 1. The molecular formula is C19H22N6O3. The smallest absolute Gasteiger partial charge is 0.289 e. The van der Waals surface area contributed by atoms with Crippen LogP contribution in [0, 0.1) is 10.8 Å². The van der Waals surface area contributed by atoms with Gasteiger partial charge in [0.1, 0.15) is 23.7 Å². The van der Waals surface area contributed by atoms with Crippen LogP contribution in [0.3, 0.4) is 0 Å². The first-order chi connectivity index (χ1) is 13.5. The molecule has 28 heavy (non-hydrogen) atoms. The van der Waals surface area contributed by atoms with Crippen molar-refractivity contribution in [3.63, 3.8) is 0 Å². The van der Waals surface area contributed by atoms with Crippen LogP contribution in [-0.4, -0.2) is 61.0 Å². The summed E-state index contributed by atoms with van der Waals surface area (Å²) in [5.41, 5.74) is 7.50. The van der Waals surface area contributed by atoms with Crippen LogP contribution in [0.1, 0.15) is 0 Å². The predicted molar refractivity (Wildman–Crippen MR) is 105 cm³/mol.